The predicted octanol–water partition coefficient (Wildman–Crippen LogP) is 4.06. The van der Waals surface area contributed by atoms with Crippen molar-refractivity contribution >= 4 is 23.2 Å². The average molecular weight is 365 g/mol. The van der Waals surface area contributed by atoms with Crippen LogP contribution in [-0.2, 0) is 9.59 Å². The van der Waals surface area contributed by atoms with Crippen molar-refractivity contribution in [1.29, 1.82) is 0 Å². The zero-order chi connectivity index (χ0) is 18.2. The lowest BCUT2D eigenvalue weighted by Crippen LogP contribution is -2.58. The summed E-state index contributed by atoms with van der Waals surface area (Å²) in [5.74, 6) is 1.42. The smallest absolute Gasteiger partial charge is 0.161 e. The van der Waals surface area contributed by atoms with Gasteiger partial charge in [-0.3, -0.25) is 9.59 Å². The summed E-state index contributed by atoms with van der Waals surface area (Å²) < 4.78 is 0. The van der Waals surface area contributed by atoms with Crippen molar-refractivity contribution in [1.82, 2.24) is 0 Å². The Bertz CT molecular complexity index is 670. The van der Waals surface area contributed by atoms with Crippen LogP contribution >= 0.6 is 11.6 Å². The lowest BCUT2D eigenvalue weighted by atomic mass is 9.46. The van der Waals surface area contributed by atoms with E-state index < -0.39 is 5.60 Å². The fraction of sp³-hybridized carbons (Fsp3) is 0.810. The Morgan fingerprint density at radius 1 is 1.20 bits per heavy atom. The Hall–Kier alpha value is -0.670. The highest BCUT2D eigenvalue weighted by molar-refractivity contribution is 6.23. The minimum absolute atomic E-state index is 0.00149. The largest absolute Gasteiger partial charge is 0.382 e. The number of fused-ring (bicyclic) bond motifs is 5. The topological polar surface area (TPSA) is 54.4 Å². The van der Waals surface area contributed by atoms with Gasteiger partial charge in [-0.05, 0) is 80.3 Å². The van der Waals surface area contributed by atoms with Gasteiger partial charge in [0, 0.05) is 11.8 Å². The van der Waals surface area contributed by atoms with Crippen molar-refractivity contribution < 1.29 is 14.7 Å². The van der Waals surface area contributed by atoms with Crippen molar-refractivity contribution in [3.63, 3.8) is 0 Å². The third-order valence-corrected chi connectivity index (χ3v) is 9.09. The van der Waals surface area contributed by atoms with Crippen molar-refractivity contribution in [2.24, 2.45) is 28.6 Å². The number of allylic oxidation sites excluding steroid dienone is 1. The molecule has 3 nitrogen and oxygen atoms in total. The van der Waals surface area contributed by atoms with Crippen LogP contribution < -0.4 is 0 Å². The first-order valence-electron chi connectivity index (χ1n) is 9.76. The molecule has 0 aliphatic heterocycles. The molecule has 138 valence electrons. The molecule has 4 aliphatic rings. The summed E-state index contributed by atoms with van der Waals surface area (Å²) in [5.41, 5.74) is -0.362. The number of alkyl halides is 1. The van der Waals surface area contributed by atoms with Gasteiger partial charge in [0.15, 0.2) is 11.6 Å². The van der Waals surface area contributed by atoms with Crippen molar-refractivity contribution in [3.05, 3.63) is 11.6 Å². The number of carbonyl (C=O) groups excluding carboxylic acids is 2. The molecular weight excluding hydrogens is 336 g/mol. The number of aliphatic hydroxyl groups is 1. The minimum Gasteiger partial charge on any atom is -0.382 e. The number of Topliss-reactive ketones (excluding diaryl/α,β-unsaturated/α-hetero) is 1. The molecule has 25 heavy (non-hydrogen) atoms. The summed E-state index contributed by atoms with van der Waals surface area (Å²) in [4.78, 5) is 24.2. The molecule has 0 bridgehead atoms. The summed E-state index contributed by atoms with van der Waals surface area (Å²) in [6.45, 7) is 5.97. The molecule has 3 unspecified atom stereocenters. The molecule has 0 radical (unpaired) electrons. The van der Waals surface area contributed by atoms with Gasteiger partial charge in [0.1, 0.15) is 5.60 Å². The van der Waals surface area contributed by atoms with Gasteiger partial charge in [-0.15, -0.1) is 11.6 Å². The number of hydrogen-bond donors (Lipinski definition) is 1. The first-order valence-corrected chi connectivity index (χ1v) is 10.2. The third-order valence-electron chi connectivity index (χ3n) is 8.67. The first kappa shape index (κ1) is 17.7. The van der Waals surface area contributed by atoms with Gasteiger partial charge in [0.25, 0.3) is 0 Å². The van der Waals surface area contributed by atoms with E-state index in [1.807, 2.05) is 6.08 Å². The maximum atomic E-state index is 12.3. The maximum Gasteiger partial charge on any atom is 0.161 e. The first-order chi connectivity index (χ1) is 11.6. The second-order valence-corrected chi connectivity index (χ2v) is 10.0. The molecule has 4 rings (SSSR count). The van der Waals surface area contributed by atoms with E-state index in [1.54, 1.807) is 6.92 Å². The number of hydrogen-bond acceptors (Lipinski definition) is 3. The Labute approximate surface area is 155 Å². The fourth-order valence-electron chi connectivity index (χ4n) is 7.15. The summed E-state index contributed by atoms with van der Waals surface area (Å²) >= 11 is 6.78. The molecule has 3 saturated carbocycles. The molecule has 3 fully saturated rings. The van der Waals surface area contributed by atoms with Gasteiger partial charge in [-0.1, -0.05) is 13.8 Å². The Morgan fingerprint density at radius 2 is 1.88 bits per heavy atom. The van der Waals surface area contributed by atoms with Gasteiger partial charge in [0.2, 0.25) is 0 Å². The second-order valence-electron chi connectivity index (χ2n) is 9.47. The molecule has 0 amide bonds. The van der Waals surface area contributed by atoms with E-state index in [1.165, 1.54) is 0 Å². The predicted molar refractivity (Wildman–Crippen MR) is 97.4 cm³/mol. The van der Waals surface area contributed by atoms with E-state index in [-0.39, 0.29) is 27.8 Å². The van der Waals surface area contributed by atoms with Gasteiger partial charge in [-0.2, -0.15) is 0 Å². The molecular formula is C21H29ClO3. The molecule has 4 heteroatoms. The molecule has 4 aliphatic carbocycles. The highest BCUT2D eigenvalue weighted by Gasteiger charge is 2.66. The Kier molecular flexibility index (Phi) is 3.84. The molecule has 0 aromatic rings. The summed E-state index contributed by atoms with van der Waals surface area (Å²) in [5, 5.41) is 11.1. The van der Waals surface area contributed by atoms with Gasteiger partial charge < -0.3 is 5.11 Å². The van der Waals surface area contributed by atoms with Gasteiger partial charge in [0.05, 0.1) is 5.38 Å². The normalized spacial score (nSPS) is 52.0. The van der Waals surface area contributed by atoms with Crippen LogP contribution in [0.5, 0.6) is 0 Å². The lowest BCUT2D eigenvalue weighted by molar-refractivity contribution is -0.160. The monoisotopic (exact) mass is 364 g/mol. The fourth-order valence-corrected chi connectivity index (χ4v) is 7.67. The van der Waals surface area contributed by atoms with E-state index in [2.05, 4.69) is 13.8 Å². The molecule has 1 N–H and O–H groups in total. The summed E-state index contributed by atoms with van der Waals surface area (Å²) in [7, 11) is 0. The Morgan fingerprint density at radius 3 is 2.56 bits per heavy atom. The Balaban J connectivity index is 1.73. The van der Waals surface area contributed by atoms with Crippen LogP contribution in [0, 0.1) is 28.6 Å². The molecule has 0 heterocycles. The van der Waals surface area contributed by atoms with Crippen LogP contribution in [0.15, 0.2) is 11.6 Å². The maximum absolute atomic E-state index is 12.3. The van der Waals surface area contributed by atoms with Gasteiger partial charge >= 0.3 is 0 Å². The van der Waals surface area contributed by atoms with Crippen molar-refractivity contribution in [2.45, 2.75) is 76.7 Å². The van der Waals surface area contributed by atoms with Crippen LogP contribution in [0.3, 0.4) is 0 Å². The van der Waals surface area contributed by atoms with E-state index in [9.17, 15) is 14.7 Å². The molecule has 0 spiro atoms. The van der Waals surface area contributed by atoms with Gasteiger partial charge in [-0.25, -0.2) is 0 Å². The van der Waals surface area contributed by atoms with Crippen LogP contribution in [0.2, 0.25) is 0 Å². The van der Waals surface area contributed by atoms with E-state index in [0.29, 0.717) is 30.6 Å². The molecule has 7 atom stereocenters. The third kappa shape index (κ3) is 2.15. The lowest BCUT2D eigenvalue weighted by Gasteiger charge is -2.59. The average Bonchev–Trinajstić information content (AvgIpc) is 2.83. The molecule has 0 aromatic carbocycles. The molecule has 0 saturated heterocycles. The van der Waals surface area contributed by atoms with Crippen LogP contribution in [0.1, 0.15) is 65.7 Å². The zero-order valence-electron chi connectivity index (χ0n) is 15.5. The van der Waals surface area contributed by atoms with Crippen molar-refractivity contribution in [3.8, 4) is 0 Å². The zero-order valence-corrected chi connectivity index (χ0v) is 16.2. The SMILES string of the molecule is CC(=O)[C@@]1(O)CCC2C3C[C@H](Cl)C4=CC(=O)CC[C@]4(C)C3CC[C@@]21C. The summed E-state index contributed by atoms with van der Waals surface area (Å²) in [6, 6.07) is 0. The quantitative estimate of drug-likeness (QED) is 0.714. The number of ketones is 2. The van der Waals surface area contributed by atoms with Crippen LogP contribution in [0.4, 0.5) is 0 Å². The molecule has 0 aromatic heterocycles. The number of halogens is 1. The minimum atomic E-state index is -1.18. The highest BCUT2D eigenvalue weighted by Crippen LogP contribution is 2.68. The second kappa shape index (κ2) is 5.42. The number of carbonyl (C=O) groups is 2. The van der Waals surface area contributed by atoms with Crippen molar-refractivity contribution in [2.75, 3.05) is 0 Å². The van der Waals surface area contributed by atoms with Crippen LogP contribution in [0.25, 0.3) is 0 Å². The standard InChI is InChI=1S/C21H29ClO3/c1-12(23)21(25)9-6-16-14-11-18(22)17-10-13(24)4-7-19(17,2)15(14)5-8-20(16,21)3/h10,14-16,18,25H,4-9,11H2,1-3H3/t14?,15?,16?,18-,19+,20-,21-/m0/s1. The number of rotatable bonds is 1. The summed E-state index contributed by atoms with van der Waals surface area (Å²) in [6.07, 6.45) is 7.59. The van der Waals surface area contributed by atoms with E-state index in [0.717, 1.165) is 37.7 Å². The highest BCUT2D eigenvalue weighted by atomic mass is 35.5. The van der Waals surface area contributed by atoms with E-state index in [4.69, 9.17) is 11.6 Å². The van der Waals surface area contributed by atoms with E-state index >= 15 is 0 Å². The van der Waals surface area contributed by atoms with Crippen LogP contribution in [-0.4, -0.2) is 27.7 Å².